The second-order valence-corrected chi connectivity index (χ2v) is 4.72. The van der Waals surface area contributed by atoms with Gasteiger partial charge in [-0.25, -0.2) is 13.8 Å². The third-order valence-corrected chi connectivity index (χ3v) is 3.05. The predicted octanol–water partition coefficient (Wildman–Crippen LogP) is 3.50. The molecule has 0 aliphatic carbocycles. The maximum Gasteiger partial charge on any atom is 0.195 e. The Balaban J connectivity index is 2.19. The lowest BCUT2D eigenvalue weighted by Crippen LogP contribution is -2.10. The molecule has 0 radical (unpaired) electrons. The van der Waals surface area contributed by atoms with Crippen molar-refractivity contribution in [2.24, 2.45) is 5.73 Å². The Morgan fingerprint density at radius 2 is 2.29 bits per heavy atom. The second-order valence-electron chi connectivity index (χ2n) is 4.72. The van der Waals surface area contributed by atoms with Crippen LogP contribution in [0.5, 0.6) is 5.75 Å². The van der Waals surface area contributed by atoms with Gasteiger partial charge in [0.1, 0.15) is 17.9 Å². The average Bonchev–Trinajstić information content (AvgIpc) is 2.90. The lowest BCUT2D eigenvalue weighted by Gasteiger charge is -2.06. The van der Waals surface area contributed by atoms with Crippen molar-refractivity contribution in [1.29, 1.82) is 0 Å². The molecule has 0 atom stereocenters. The van der Waals surface area contributed by atoms with Gasteiger partial charge in [-0.3, -0.25) is 0 Å². The summed E-state index contributed by atoms with van der Waals surface area (Å²) in [5.41, 5.74) is 6.13. The highest BCUT2D eigenvalue weighted by Gasteiger charge is 2.12. The molecule has 21 heavy (non-hydrogen) atoms. The van der Waals surface area contributed by atoms with Gasteiger partial charge < -0.3 is 14.9 Å². The number of aromatic nitrogens is 1. The van der Waals surface area contributed by atoms with E-state index in [-0.39, 0.29) is 30.0 Å². The Hall–Kier alpha value is -1.95. The first-order chi connectivity index (χ1) is 10.2. The molecule has 1 aromatic carbocycles. The van der Waals surface area contributed by atoms with E-state index in [1.54, 1.807) is 6.07 Å². The van der Waals surface area contributed by atoms with E-state index in [1.807, 2.05) is 0 Å². The smallest absolute Gasteiger partial charge is 0.195 e. The summed E-state index contributed by atoms with van der Waals surface area (Å²) in [5, 5.41) is 0. The SMILES string of the molecule is CCCCc1nc2c(F)cc(OC/C(=C/F)CN)cc2o1. The molecule has 0 bridgehead atoms. The van der Waals surface area contributed by atoms with Gasteiger partial charge >= 0.3 is 0 Å². The Morgan fingerprint density at radius 1 is 1.48 bits per heavy atom. The fourth-order valence-corrected chi connectivity index (χ4v) is 1.84. The van der Waals surface area contributed by atoms with Gasteiger partial charge in [-0.1, -0.05) is 13.3 Å². The Kier molecular flexibility index (Phi) is 5.27. The minimum Gasteiger partial charge on any atom is -0.489 e. The van der Waals surface area contributed by atoms with Crippen molar-refractivity contribution in [3.8, 4) is 5.75 Å². The molecule has 0 aliphatic heterocycles. The highest BCUT2D eigenvalue weighted by atomic mass is 19.1. The van der Waals surface area contributed by atoms with Crippen LogP contribution >= 0.6 is 0 Å². The largest absolute Gasteiger partial charge is 0.489 e. The van der Waals surface area contributed by atoms with Crippen LogP contribution in [0.3, 0.4) is 0 Å². The zero-order chi connectivity index (χ0) is 15.2. The van der Waals surface area contributed by atoms with Gasteiger partial charge in [-0.15, -0.1) is 0 Å². The van der Waals surface area contributed by atoms with Crippen molar-refractivity contribution in [2.45, 2.75) is 26.2 Å². The van der Waals surface area contributed by atoms with Crippen LogP contribution in [0.1, 0.15) is 25.7 Å². The third kappa shape index (κ3) is 3.78. The van der Waals surface area contributed by atoms with Crippen molar-refractivity contribution < 1.29 is 17.9 Å². The molecule has 1 aromatic heterocycles. The van der Waals surface area contributed by atoms with Gasteiger partial charge in [0.25, 0.3) is 0 Å². The number of aryl methyl sites for hydroxylation is 1. The molecular weight excluding hydrogens is 278 g/mol. The van der Waals surface area contributed by atoms with E-state index in [0.29, 0.717) is 24.2 Å². The topological polar surface area (TPSA) is 61.3 Å². The molecule has 0 amide bonds. The van der Waals surface area contributed by atoms with Gasteiger partial charge in [0.15, 0.2) is 17.3 Å². The molecule has 0 saturated carbocycles. The van der Waals surface area contributed by atoms with Gasteiger partial charge in [-0.2, -0.15) is 0 Å². The number of oxazole rings is 1. The van der Waals surface area contributed by atoms with E-state index in [2.05, 4.69) is 11.9 Å². The van der Waals surface area contributed by atoms with Gasteiger partial charge in [-0.05, 0) is 6.42 Å². The minimum absolute atomic E-state index is 0.0330. The highest BCUT2D eigenvalue weighted by Crippen LogP contribution is 2.26. The lowest BCUT2D eigenvalue weighted by molar-refractivity contribution is 0.345. The minimum atomic E-state index is -0.521. The maximum atomic E-state index is 14.0. The van der Waals surface area contributed by atoms with Gasteiger partial charge in [0.05, 0.1) is 6.33 Å². The maximum absolute atomic E-state index is 14.0. The number of benzene rings is 1. The molecule has 0 spiro atoms. The Labute approximate surface area is 121 Å². The van der Waals surface area contributed by atoms with Crippen LogP contribution < -0.4 is 10.5 Å². The van der Waals surface area contributed by atoms with E-state index in [1.165, 1.54) is 6.07 Å². The molecule has 6 heteroatoms. The summed E-state index contributed by atoms with van der Waals surface area (Å²) >= 11 is 0. The van der Waals surface area contributed by atoms with Crippen LogP contribution in [0.2, 0.25) is 0 Å². The third-order valence-electron chi connectivity index (χ3n) is 3.05. The van der Waals surface area contributed by atoms with E-state index in [0.717, 1.165) is 12.8 Å². The summed E-state index contributed by atoms with van der Waals surface area (Å²) in [7, 11) is 0. The number of halogens is 2. The number of ether oxygens (including phenoxy) is 1. The van der Waals surface area contributed by atoms with Crippen molar-refractivity contribution in [2.75, 3.05) is 13.2 Å². The van der Waals surface area contributed by atoms with Gasteiger partial charge in [0, 0.05) is 30.7 Å². The molecule has 1 heterocycles. The molecule has 0 aliphatic rings. The fourth-order valence-electron chi connectivity index (χ4n) is 1.84. The summed E-state index contributed by atoms with van der Waals surface area (Å²) in [6.45, 7) is 2.07. The molecule has 114 valence electrons. The zero-order valence-electron chi connectivity index (χ0n) is 11.9. The van der Waals surface area contributed by atoms with E-state index in [4.69, 9.17) is 14.9 Å². The lowest BCUT2D eigenvalue weighted by atomic mass is 10.2. The molecular formula is C15H18F2N2O2. The molecule has 0 unspecified atom stereocenters. The first kappa shape index (κ1) is 15.4. The molecule has 0 saturated heterocycles. The summed E-state index contributed by atoms with van der Waals surface area (Å²) in [5.74, 6) is 0.243. The molecule has 2 rings (SSSR count). The molecule has 2 aromatic rings. The van der Waals surface area contributed by atoms with Crippen molar-refractivity contribution in [3.05, 3.63) is 35.7 Å². The Bertz CT molecular complexity index is 638. The number of nitrogens with zero attached hydrogens (tertiary/aromatic N) is 1. The number of hydrogen-bond donors (Lipinski definition) is 1. The summed E-state index contributed by atoms with van der Waals surface area (Å²) in [6.07, 6.45) is 3.00. The molecule has 2 N–H and O–H groups in total. The number of rotatable bonds is 7. The highest BCUT2D eigenvalue weighted by molar-refractivity contribution is 5.75. The Morgan fingerprint density at radius 3 is 2.95 bits per heavy atom. The van der Waals surface area contributed by atoms with Crippen LogP contribution in [-0.2, 0) is 6.42 Å². The van der Waals surface area contributed by atoms with Crippen molar-refractivity contribution >= 4 is 11.1 Å². The zero-order valence-corrected chi connectivity index (χ0v) is 11.9. The number of nitrogens with two attached hydrogens (primary N) is 1. The van der Waals surface area contributed by atoms with Crippen LogP contribution in [0.25, 0.3) is 11.1 Å². The predicted molar refractivity (Wildman–Crippen MR) is 76.3 cm³/mol. The van der Waals surface area contributed by atoms with Crippen LogP contribution in [0.15, 0.2) is 28.5 Å². The standard InChI is InChI=1S/C15H18F2N2O2/c1-2-3-4-14-19-15-12(17)5-11(6-13(15)21-14)20-9-10(7-16)8-18/h5-7H,2-4,8-9,18H2,1H3/b10-7+. The fraction of sp³-hybridized carbons (Fsp3) is 0.400. The number of fused-ring (bicyclic) bond motifs is 1. The average molecular weight is 296 g/mol. The number of unbranched alkanes of at least 4 members (excludes halogenated alkanes) is 1. The van der Waals surface area contributed by atoms with Crippen molar-refractivity contribution in [3.63, 3.8) is 0 Å². The molecule has 0 fully saturated rings. The van der Waals surface area contributed by atoms with Crippen LogP contribution in [-0.4, -0.2) is 18.1 Å². The monoisotopic (exact) mass is 296 g/mol. The second kappa shape index (κ2) is 7.17. The first-order valence-corrected chi connectivity index (χ1v) is 6.87. The summed E-state index contributed by atoms with van der Waals surface area (Å²) < 4.78 is 37.2. The van der Waals surface area contributed by atoms with E-state index < -0.39 is 5.82 Å². The first-order valence-electron chi connectivity index (χ1n) is 6.87. The van der Waals surface area contributed by atoms with Crippen LogP contribution in [0, 0.1) is 5.82 Å². The van der Waals surface area contributed by atoms with Gasteiger partial charge in [0.2, 0.25) is 0 Å². The summed E-state index contributed by atoms with van der Waals surface area (Å²) in [6, 6.07) is 2.76. The van der Waals surface area contributed by atoms with E-state index in [9.17, 15) is 8.78 Å². The van der Waals surface area contributed by atoms with Crippen molar-refractivity contribution in [1.82, 2.24) is 4.98 Å². The van der Waals surface area contributed by atoms with E-state index >= 15 is 0 Å². The molecule has 4 nitrogen and oxygen atoms in total. The normalized spacial score (nSPS) is 12.1. The quantitative estimate of drug-likeness (QED) is 0.849. The van der Waals surface area contributed by atoms with Crippen LogP contribution in [0.4, 0.5) is 8.78 Å². The summed E-state index contributed by atoms with van der Waals surface area (Å²) in [4.78, 5) is 4.13. The number of hydrogen-bond acceptors (Lipinski definition) is 4.